The maximum Gasteiger partial charge on any atom is 0.260 e. The smallest absolute Gasteiger partial charge is 0.260 e. The Morgan fingerprint density at radius 2 is 1.77 bits per heavy atom. The number of fused-ring (bicyclic) bond motifs is 1. The van der Waals surface area contributed by atoms with Crippen LogP contribution in [0.1, 0.15) is 34.8 Å². The molecule has 0 aliphatic carbocycles. The number of hydrogen-bond donors (Lipinski definition) is 0. The Bertz CT molecular complexity index is 1160. The second-order valence-electron chi connectivity index (χ2n) is 7.92. The first kappa shape index (κ1) is 23.4. The third-order valence-electron chi connectivity index (χ3n) is 5.21. The summed E-state index contributed by atoms with van der Waals surface area (Å²) >= 11 is 1.50. The molecule has 1 amide bonds. The maximum absolute atomic E-state index is 13.5. The Hall–Kier alpha value is -2.29. The molecule has 31 heavy (non-hydrogen) atoms. The summed E-state index contributed by atoms with van der Waals surface area (Å²) in [5, 5.41) is 0.639. The van der Waals surface area contributed by atoms with Gasteiger partial charge in [0, 0.05) is 12.1 Å². The summed E-state index contributed by atoms with van der Waals surface area (Å²) in [5.74, 6) is -0.241. The molecule has 6 nitrogen and oxygen atoms in total. The zero-order valence-corrected chi connectivity index (χ0v) is 20.3. The summed E-state index contributed by atoms with van der Waals surface area (Å²) in [6.45, 7) is 6.99. The summed E-state index contributed by atoms with van der Waals surface area (Å²) in [5.41, 5.74) is 3.46. The van der Waals surface area contributed by atoms with Crippen LogP contribution in [0.2, 0.25) is 0 Å². The zero-order valence-electron chi connectivity index (χ0n) is 18.7. The first-order valence-electron chi connectivity index (χ1n) is 10.3. The summed E-state index contributed by atoms with van der Waals surface area (Å²) in [7, 11) is 0.596. The van der Waals surface area contributed by atoms with Crippen molar-refractivity contribution < 1.29 is 13.2 Å². The normalized spacial score (nSPS) is 11.9. The SMILES string of the molecule is CCS(=O)(=O)c1cccc(C(=O)N(CCCN(C)C)c2nc3c(C)ccc(C)c3s2)c1. The van der Waals surface area contributed by atoms with Gasteiger partial charge in [0.25, 0.3) is 5.91 Å². The number of carbonyl (C=O) groups is 1. The average molecular weight is 460 g/mol. The van der Waals surface area contributed by atoms with Crippen molar-refractivity contribution in [1.82, 2.24) is 9.88 Å². The van der Waals surface area contributed by atoms with Gasteiger partial charge in [-0.15, -0.1) is 0 Å². The van der Waals surface area contributed by atoms with Crippen molar-refractivity contribution in [2.75, 3.05) is 37.8 Å². The molecule has 0 radical (unpaired) electrons. The molecule has 8 heteroatoms. The lowest BCUT2D eigenvalue weighted by atomic mass is 10.1. The molecular formula is C23H29N3O3S2. The van der Waals surface area contributed by atoms with Crippen LogP contribution in [0.5, 0.6) is 0 Å². The molecule has 0 fully saturated rings. The van der Waals surface area contributed by atoms with E-state index in [4.69, 9.17) is 4.98 Å². The number of sulfone groups is 1. The highest BCUT2D eigenvalue weighted by molar-refractivity contribution is 7.91. The van der Waals surface area contributed by atoms with Gasteiger partial charge in [0.05, 0.1) is 20.9 Å². The number of nitrogens with zero attached hydrogens (tertiary/aromatic N) is 3. The molecule has 0 spiro atoms. The predicted molar refractivity (Wildman–Crippen MR) is 128 cm³/mol. The minimum atomic E-state index is -3.39. The van der Waals surface area contributed by atoms with Gasteiger partial charge in [-0.3, -0.25) is 9.69 Å². The van der Waals surface area contributed by atoms with E-state index in [1.807, 2.05) is 34.0 Å². The van der Waals surface area contributed by atoms with Gasteiger partial charge < -0.3 is 4.90 Å². The Kier molecular flexibility index (Phi) is 7.13. The fourth-order valence-electron chi connectivity index (χ4n) is 3.34. The molecule has 0 saturated heterocycles. The lowest BCUT2D eigenvalue weighted by molar-refractivity contribution is 0.0986. The second kappa shape index (κ2) is 9.46. The number of thiazole rings is 1. The van der Waals surface area contributed by atoms with Crippen molar-refractivity contribution in [2.45, 2.75) is 32.1 Å². The van der Waals surface area contributed by atoms with Crippen molar-refractivity contribution in [3.05, 3.63) is 53.1 Å². The summed E-state index contributed by atoms with van der Waals surface area (Å²) in [6.07, 6.45) is 0.777. The molecule has 0 unspecified atom stereocenters. The van der Waals surface area contributed by atoms with Gasteiger partial charge in [-0.2, -0.15) is 0 Å². The average Bonchev–Trinajstić information content (AvgIpc) is 3.20. The van der Waals surface area contributed by atoms with E-state index in [0.717, 1.165) is 34.3 Å². The van der Waals surface area contributed by atoms with Gasteiger partial charge in [-0.05, 0) is 70.2 Å². The van der Waals surface area contributed by atoms with Crippen LogP contribution in [0, 0.1) is 13.8 Å². The van der Waals surface area contributed by atoms with Crippen LogP contribution in [0.3, 0.4) is 0 Å². The van der Waals surface area contributed by atoms with Crippen molar-refractivity contribution in [3.63, 3.8) is 0 Å². The largest absolute Gasteiger partial charge is 0.309 e. The molecule has 0 bridgehead atoms. The lowest BCUT2D eigenvalue weighted by Gasteiger charge is -2.21. The van der Waals surface area contributed by atoms with Gasteiger partial charge in [0.2, 0.25) is 0 Å². The van der Waals surface area contributed by atoms with Crippen LogP contribution < -0.4 is 4.90 Å². The van der Waals surface area contributed by atoms with Gasteiger partial charge >= 0.3 is 0 Å². The van der Waals surface area contributed by atoms with Crippen LogP contribution in [0.4, 0.5) is 5.13 Å². The van der Waals surface area contributed by atoms with E-state index in [9.17, 15) is 13.2 Å². The van der Waals surface area contributed by atoms with Crippen molar-refractivity contribution in [3.8, 4) is 0 Å². The Labute approximate surface area is 188 Å². The monoisotopic (exact) mass is 459 g/mol. The van der Waals surface area contributed by atoms with Crippen LogP contribution in [-0.2, 0) is 9.84 Å². The van der Waals surface area contributed by atoms with Gasteiger partial charge in [-0.25, -0.2) is 13.4 Å². The molecule has 1 heterocycles. The van der Waals surface area contributed by atoms with Gasteiger partial charge in [-0.1, -0.05) is 36.5 Å². The predicted octanol–water partition coefficient (Wildman–Crippen LogP) is 4.31. The van der Waals surface area contributed by atoms with E-state index in [1.54, 1.807) is 24.0 Å². The molecule has 2 aromatic carbocycles. The number of aromatic nitrogens is 1. The molecule has 166 valence electrons. The quantitative estimate of drug-likeness (QED) is 0.502. The lowest BCUT2D eigenvalue weighted by Crippen LogP contribution is -2.33. The van der Waals surface area contributed by atoms with E-state index < -0.39 is 9.84 Å². The fourth-order valence-corrected chi connectivity index (χ4v) is 5.40. The van der Waals surface area contributed by atoms with Crippen LogP contribution >= 0.6 is 11.3 Å². The van der Waals surface area contributed by atoms with E-state index in [1.165, 1.54) is 23.5 Å². The van der Waals surface area contributed by atoms with Crippen LogP contribution in [0.25, 0.3) is 10.2 Å². The fraction of sp³-hybridized carbons (Fsp3) is 0.391. The van der Waals surface area contributed by atoms with Gasteiger partial charge in [0.15, 0.2) is 15.0 Å². The molecule has 0 atom stereocenters. The highest BCUT2D eigenvalue weighted by Gasteiger charge is 2.23. The Balaban J connectivity index is 2.04. The number of benzene rings is 2. The van der Waals surface area contributed by atoms with Crippen LogP contribution in [-0.4, -0.2) is 57.1 Å². The number of amides is 1. The first-order chi connectivity index (χ1) is 14.6. The number of aryl methyl sites for hydroxylation is 2. The van der Waals surface area contributed by atoms with E-state index >= 15 is 0 Å². The molecule has 3 aromatic rings. The molecule has 0 aliphatic rings. The second-order valence-corrected chi connectivity index (χ2v) is 11.2. The summed E-state index contributed by atoms with van der Waals surface area (Å²) in [6, 6.07) is 10.4. The van der Waals surface area contributed by atoms with E-state index in [2.05, 4.69) is 11.0 Å². The first-order valence-corrected chi connectivity index (χ1v) is 12.8. The number of carbonyl (C=O) groups excluding carboxylic acids is 1. The molecule has 1 aromatic heterocycles. The standard InChI is InChI=1S/C23H29N3O3S2/c1-6-31(28,29)19-10-7-9-18(15-19)22(27)26(14-8-13-25(4)5)23-24-20-16(2)11-12-17(3)21(20)30-23/h7,9-12,15H,6,8,13-14H2,1-5H3. The summed E-state index contributed by atoms with van der Waals surface area (Å²) in [4.78, 5) is 22.2. The Morgan fingerprint density at radius 3 is 2.42 bits per heavy atom. The number of hydrogen-bond acceptors (Lipinski definition) is 6. The van der Waals surface area contributed by atoms with Crippen molar-refractivity contribution >= 4 is 42.4 Å². The van der Waals surface area contributed by atoms with E-state index in [-0.39, 0.29) is 16.6 Å². The van der Waals surface area contributed by atoms with Crippen molar-refractivity contribution in [1.29, 1.82) is 0 Å². The van der Waals surface area contributed by atoms with Crippen molar-refractivity contribution in [2.24, 2.45) is 0 Å². The number of anilines is 1. The third kappa shape index (κ3) is 5.14. The number of rotatable bonds is 8. The molecule has 0 saturated carbocycles. The minimum Gasteiger partial charge on any atom is -0.309 e. The highest BCUT2D eigenvalue weighted by atomic mass is 32.2. The Morgan fingerprint density at radius 1 is 1.06 bits per heavy atom. The molecule has 0 N–H and O–H groups in total. The third-order valence-corrected chi connectivity index (χ3v) is 8.16. The minimum absolute atomic E-state index is 0.00633. The van der Waals surface area contributed by atoms with Crippen LogP contribution in [0.15, 0.2) is 41.3 Å². The topological polar surface area (TPSA) is 70.6 Å². The zero-order chi connectivity index (χ0) is 22.8. The molecular weight excluding hydrogens is 430 g/mol. The van der Waals surface area contributed by atoms with Gasteiger partial charge in [0.1, 0.15) is 0 Å². The van der Waals surface area contributed by atoms with E-state index in [0.29, 0.717) is 17.2 Å². The maximum atomic E-state index is 13.5. The molecule has 0 aliphatic heterocycles. The summed E-state index contributed by atoms with van der Waals surface area (Å²) < 4.78 is 25.7. The highest BCUT2D eigenvalue weighted by Crippen LogP contribution is 2.34. The molecule has 3 rings (SSSR count).